The van der Waals surface area contributed by atoms with Crippen LogP contribution in [-0.2, 0) is 11.3 Å². The first kappa shape index (κ1) is 20.2. The number of nitrogens with one attached hydrogen (secondary N) is 1. The van der Waals surface area contributed by atoms with Crippen molar-refractivity contribution < 1.29 is 14.0 Å². The van der Waals surface area contributed by atoms with Crippen LogP contribution < -0.4 is 9.80 Å². The van der Waals surface area contributed by atoms with Crippen molar-refractivity contribution in [1.82, 2.24) is 20.2 Å². The number of halogens is 1. The first-order valence-corrected chi connectivity index (χ1v) is 10.8. The molecule has 8 heteroatoms. The fourth-order valence-electron chi connectivity index (χ4n) is 4.59. The minimum absolute atomic E-state index is 0.143. The number of rotatable bonds is 7. The molecule has 1 N–H and O–H groups in total. The summed E-state index contributed by atoms with van der Waals surface area (Å²) in [6.07, 6.45) is 3.43. The van der Waals surface area contributed by atoms with Gasteiger partial charge in [-0.1, -0.05) is 26.0 Å². The Hall–Kier alpha value is -2.06. The van der Waals surface area contributed by atoms with Crippen LogP contribution >= 0.6 is 0 Å². The number of aromatic nitrogens is 4. The van der Waals surface area contributed by atoms with E-state index in [2.05, 4.69) is 34.3 Å². The number of anilines is 1. The van der Waals surface area contributed by atoms with Crippen molar-refractivity contribution in [2.24, 2.45) is 5.92 Å². The van der Waals surface area contributed by atoms with Crippen LogP contribution in [0.25, 0.3) is 0 Å². The summed E-state index contributed by atoms with van der Waals surface area (Å²) >= 11 is 0. The van der Waals surface area contributed by atoms with Crippen molar-refractivity contribution >= 4 is 5.69 Å². The molecule has 0 aliphatic carbocycles. The van der Waals surface area contributed by atoms with Crippen molar-refractivity contribution in [3.63, 3.8) is 0 Å². The van der Waals surface area contributed by atoms with Gasteiger partial charge in [0, 0.05) is 13.0 Å². The van der Waals surface area contributed by atoms with Crippen molar-refractivity contribution in [3.8, 4) is 0 Å². The zero-order chi connectivity index (χ0) is 20.2. The molecule has 29 heavy (non-hydrogen) atoms. The lowest BCUT2D eigenvalue weighted by atomic mass is 10.0. The molecule has 2 saturated heterocycles. The molecule has 2 aliphatic heterocycles. The maximum absolute atomic E-state index is 14.2. The molecule has 1 aromatic heterocycles. The Morgan fingerprint density at radius 1 is 1.24 bits per heavy atom. The molecule has 0 spiro atoms. The molecule has 0 saturated carbocycles. The van der Waals surface area contributed by atoms with Gasteiger partial charge in [-0.05, 0) is 41.3 Å². The van der Waals surface area contributed by atoms with Crippen LogP contribution in [0.5, 0.6) is 0 Å². The lowest BCUT2D eigenvalue weighted by Gasteiger charge is -2.37. The molecule has 3 heterocycles. The summed E-state index contributed by atoms with van der Waals surface area (Å²) in [7, 11) is 0. The second-order valence-electron chi connectivity index (χ2n) is 8.63. The molecule has 4 rings (SSSR count). The van der Waals surface area contributed by atoms with E-state index in [1.807, 2.05) is 16.8 Å². The Labute approximate surface area is 171 Å². The Balaban J connectivity index is 1.47. The average Bonchev–Trinajstić information content (AvgIpc) is 3.39. The Bertz CT molecular complexity index is 783. The summed E-state index contributed by atoms with van der Waals surface area (Å²) in [4.78, 5) is 3.63. The van der Waals surface area contributed by atoms with E-state index in [0.717, 1.165) is 64.4 Å². The van der Waals surface area contributed by atoms with Gasteiger partial charge in [-0.3, -0.25) is 0 Å². The topological polar surface area (TPSA) is 60.5 Å². The summed E-state index contributed by atoms with van der Waals surface area (Å²) in [6, 6.07) is 7.29. The maximum atomic E-state index is 14.2. The molecule has 2 atom stereocenters. The monoisotopic (exact) mass is 403 g/mol. The summed E-state index contributed by atoms with van der Waals surface area (Å²) in [6.45, 7) is 9.60. The smallest absolute Gasteiger partial charge is 0.209 e. The van der Waals surface area contributed by atoms with E-state index >= 15 is 0 Å². The lowest BCUT2D eigenvalue weighted by molar-refractivity contribution is -0.934. The van der Waals surface area contributed by atoms with Gasteiger partial charge in [0.2, 0.25) is 5.82 Å². The van der Waals surface area contributed by atoms with E-state index in [9.17, 15) is 4.39 Å². The molecule has 0 unspecified atom stereocenters. The molecule has 158 valence electrons. The van der Waals surface area contributed by atoms with Crippen molar-refractivity contribution in [3.05, 3.63) is 35.9 Å². The number of hydrogen-bond acceptors (Lipinski definition) is 5. The highest BCUT2D eigenvalue weighted by atomic mass is 19.1. The van der Waals surface area contributed by atoms with Crippen LogP contribution in [0.2, 0.25) is 0 Å². The molecule has 2 fully saturated rings. The summed E-state index contributed by atoms with van der Waals surface area (Å²) in [5.41, 5.74) is 0.704. The van der Waals surface area contributed by atoms with Gasteiger partial charge in [0.1, 0.15) is 11.9 Å². The molecular formula is C21H32FN6O+. The van der Waals surface area contributed by atoms with Gasteiger partial charge in [-0.25, -0.2) is 9.07 Å². The minimum atomic E-state index is -0.143. The second-order valence-corrected chi connectivity index (χ2v) is 8.63. The number of hydrogen-bond donors (Lipinski definition) is 1. The van der Waals surface area contributed by atoms with Crippen molar-refractivity contribution in [2.45, 2.75) is 51.8 Å². The van der Waals surface area contributed by atoms with Crippen LogP contribution in [-0.4, -0.2) is 59.1 Å². The zero-order valence-corrected chi connectivity index (χ0v) is 17.4. The van der Waals surface area contributed by atoms with Crippen molar-refractivity contribution in [1.29, 1.82) is 0 Å². The van der Waals surface area contributed by atoms with E-state index in [-0.39, 0.29) is 18.0 Å². The average molecular weight is 404 g/mol. The van der Waals surface area contributed by atoms with Gasteiger partial charge >= 0.3 is 0 Å². The third kappa shape index (κ3) is 4.75. The first-order chi connectivity index (χ1) is 14.1. The Morgan fingerprint density at radius 2 is 2.03 bits per heavy atom. The van der Waals surface area contributed by atoms with E-state index in [4.69, 9.17) is 4.74 Å². The van der Waals surface area contributed by atoms with E-state index in [1.165, 1.54) is 11.0 Å². The van der Waals surface area contributed by atoms with Gasteiger partial charge in [0.15, 0.2) is 0 Å². The number of ether oxygens (including phenoxy) is 1. The van der Waals surface area contributed by atoms with Gasteiger partial charge < -0.3 is 14.5 Å². The van der Waals surface area contributed by atoms with Crippen LogP contribution in [0.15, 0.2) is 24.3 Å². The summed E-state index contributed by atoms with van der Waals surface area (Å²) in [5, 5.41) is 12.7. The first-order valence-electron chi connectivity index (χ1n) is 10.8. The molecule has 2 aliphatic rings. The van der Waals surface area contributed by atoms with Gasteiger partial charge in [-0.2, -0.15) is 0 Å². The second kappa shape index (κ2) is 9.17. The van der Waals surface area contributed by atoms with Crippen LogP contribution in [0.3, 0.4) is 0 Å². The number of quaternary nitrogens is 1. The van der Waals surface area contributed by atoms with Crippen LogP contribution in [0.4, 0.5) is 10.1 Å². The predicted octanol–water partition coefficient (Wildman–Crippen LogP) is 1.48. The highest BCUT2D eigenvalue weighted by molar-refractivity contribution is 5.47. The number of piperazine rings is 1. The predicted molar refractivity (Wildman–Crippen MR) is 108 cm³/mol. The van der Waals surface area contributed by atoms with Crippen LogP contribution in [0.1, 0.15) is 45.0 Å². The number of nitrogens with zero attached hydrogens (tertiary/aromatic N) is 5. The fraction of sp³-hybridized carbons (Fsp3) is 0.667. The standard InChI is InChI=1S/C21H31FN6O/c1-16(2)14-20(21-23-24-25-28(21)15-17-6-5-13-29-17)27-11-9-26(10-12-27)19-8-4-3-7-18(19)22/h3-4,7-8,16-17,20H,5-6,9-15H2,1-2H3/p+1/t17-,20-/m1/s1. The molecule has 7 nitrogen and oxygen atoms in total. The van der Waals surface area contributed by atoms with Gasteiger partial charge in [0.05, 0.1) is 44.5 Å². The normalized spacial score (nSPS) is 21.8. The minimum Gasteiger partial charge on any atom is -0.376 e. The van der Waals surface area contributed by atoms with Gasteiger partial charge in [-0.15, -0.1) is 5.10 Å². The highest BCUT2D eigenvalue weighted by Gasteiger charge is 2.34. The fourth-order valence-corrected chi connectivity index (χ4v) is 4.59. The largest absolute Gasteiger partial charge is 0.376 e. The van der Waals surface area contributed by atoms with Crippen molar-refractivity contribution in [2.75, 3.05) is 37.7 Å². The van der Waals surface area contributed by atoms with E-state index in [1.54, 1.807) is 6.07 Å². The van der Waals surface area contributed by atoms with E-state index < -0.39 is 0 Å². The molecule has 0 bridgehead atoms. The molecule has 1 aromatic carbocycles. The van der Waals surface area contributed by atoms with Gasteiger partial charge in [0.25, 0.3) is 0 Å². The Morgan fingerprint density at radius 3 is 2.72 bits per heavy atom. The molecular weight excluding hydrogens is 371 g/mol. The zero-order valence-electron chi connectivity index (χ0n) is 17.4. The Kier molecular flexibility index (Phi) is 6.40. The lowest BCUT2D eigenvalue weighted by Crippen LogP contribution is -3.15. The number of benzene rings is 1. The van der Waals surface area contributed by atoms with Crippen LogP contribution in [0, 0.1) is 11.7 Å². The number of para-hydroxylation sites is 1. The molecule has 0 amide bonds. The molecule has 2 aromatic rings. The highest BCUT2D eigenvalue weighted by Crippen LogP contribution is 2.21. The number of tetrazole rings is 1. The summed E-state index contributed by atoms with van der Waals surface area (Å²) < 4.78 is 21.9. The third-order valence-electron chi connectivity index (χ3n) is 6.07. The SMILES string of the molecule is CC(C)C[C@H](c1nnnn1C[C@H]1CCCO1)[NH+]1CCN(c2ccccc2F)CC1. The third-order valence-corrected chi connectivity index (χ3v) is 6.07. The quantitative estimate of drug-likeness (QED) is 0.759. The van der Waals surface area contributed by atoms with E-state index in [0.29, 0.717) is 11.6 Å². The molecule has 0 radical (unpaired) electrons. The maximum Gasteiger partial charge on any atom is 0.209 e. The summed E-state index contributed by atoms with van der Waals surface area (Å²) in [5.74, 6) is 1.36.